The van der Waals surface area contributed by atoms with Crippen LogP contribution in [0.5, 0.6) is 0 Å². The van der Waals surface area contributed by atoms with Gasteiger partial charge in [0, 0.05) is 19.3 Å². The normalized spacial score (nSPS) is 12.1. The van der Waals surface area contributed by atoms with E-state index in [-0.39, 0.29) is 31.1 Å². The van der Waals surface area contributed by atoms with E-state index in [0.29, 0.717) is 25.7 Å². The van der Waals surface area contributed by atoms with Gasteiger partial charge in [-0.2, -0.15) is 0 Å². The molecule has 0 aliphatic heterocycles. The molecule has 0 aliphatic rings. The molecule has 6 heteroatoms. The number of unbranched alkanes of at least 4 members (excludes halogenated alkanes) is 22. The maximum atomic E-state index is 12.5. The highest BCUT2D eigenvalue weighted by Gasteiger charge is 2.19. The van der Waals surface area contributed by atoms with Gasteiger partial charge in [-0.15, -0.1) is 0 Å². The molecule has 0 aliphatic carbocycles. The van der Waals surface area contributed by atoms with Gasteiger partial charge in [-0.05, 0) is 70.6 Å². The van der Waals surface area contributed by atoms with Crippen LogP contribution in [0.3, 0.4) is 0 Å². The predicted molar refractivity (Wildman–Crippen MR) is 206 cm³/mol. The van der Waals surface area contributed by atoms with Gasteiger partial charge in [0.25, 0.3) is 0 Å². The number of allylic oxidation sites excluding steroid dienone is 4. The van der Waals surface area contributed by atoms with Crippen LogP contribution in [0, 0.1) is 0 Å². The van der Waals surface area contributed by atoms with Crippen molar-refractivity contribution < 1.29 is 28.6 Å². The summed E-state index contributed by atoms with van der Waals surface area (Å²) >= 11 is 0. The Bertz CT molecular complexity index is 804. The molecule has 0 radical (unpaired) electrons. The minimum Gasteiger partial charge on any atom is -0.462 e. The highest BCUT2D eigenvalue weighted by Crippen LogP contribution is 2.13. The second-order valence-electron chi connectivity index (χ2n) is 13.9. The lowest BCUT2D eigenvalue weighted by Crippen LogP contribution is -2.30. The van der Waals surface area contributed by atoms with E-state index in [0.717, 1.165) is 51.4 Å². The molecular weight excluding hydrogens is 612 g/mol. The average molecular weight is 691 g/mol. The Balaban J connectivity index is 4.03. The van der Waals surface area contributed by atoms with E-state index in [1.54, 1.807) is 0 Å². The lowest BCUT2D eigenvalue weighted by Gasteiger charge is -2.18. The molecule has 0 aromatic heterocycles. The van der Waals surface area contributed by atoms with Crippen molar-refractivity contribution in [2.75, 3.05) is 13.2 Å². The number of hydrogen-bond donors (Lipinski definition) is 0. The van der Waals surface area contributed by atoms with Crippen LogP contribution in [0.15, 0.2) is 24.3 Å². The van der Waals surface area contributed by atoms with Crippen LogP contribution in [0.4, 0.5) is 0 Å². The van der Waals surface area contributed by atoms with Gasteiger partial charge in [-0.1, -0.05) is 148 Å². The van der Waals surface area contributed by atoms with Gasteiger partial charge in [-0.25, -0.2) is 0 Å². The van der Waals surface area contributed by atoms with E-state index < -0.39 is 6.10 Å². The van der Waals surface area contributed by atoms with E-state index >= 15 is 0 Å². The van der Waals surface area contributed by atoms with Crippen molar-refractivity contribution in [3.05, 3.63) is 24.3 Å². The van der Waals surface area contributed by atoms with Crippen LogP contribution >= 0.6 is 0 Å². The number of esters is 3. The standard InChI is InChI=1S/C43H78O6/c1-4-7-9-11-13-15-17-19-21-23-25-27-29-31-33-36-42(45)48-39-40(38-47-41(44)35-6-3)49-43(46)37-34-32-30-28-26-24-22-20-18-16-14-12-10-8-5-2/h19-22,40H,4-18,23-39H2,1-3H3/b21-19-,22-20-/t40-/m1/s1. The Morgan fingerprint density at radius 2 is 0.714 bits per heavy atom. The second kappa shape index (κ2) is 38.7. The Morgan fingerprint density at radius 1 is 0.388 bits per heavy atom. The van der Waals surface area contributed by atoms with E-state index in [1.807, 2.05) is 6.92 Å². The number of hydrogen-bond acceptors (Lipinski definition) is 6. The number of carbonyl (C=O) groups is 3. The fraction of sp³-hybridized carbons (Fsp3) is 0.837. The van der Waals surface area contributed by atoms with Crippen molar-refractivity contribution in [3.8, 4) is 0 Å². The summed E-state index contributed by atoms with van der Waals surface area (Å²) in [6.45, 7) is 6.25. The number of carbonyl (C=O) groups excluding carboxylic acids is 3. The van der Waals surface area contributed by atoms with Crippen LogP contribution in [0.25, 0.3) is 0 Å². The summed E-state index contributed by atoms with van der Waals surface area (Å²) in [5, 5.41) is 0. The first-order chi connectivity index (χ1) is 24.0. The van der Waals surface area contributed by atoms with Gasteiger partial charge >= 0.3 is 17.9 Å². The molecule has 0 unspecified atom stereocenters. The summed E-state index contributed by atoms with van der Waals surface area (Å²) in [6, 6.07) is 0. The van der Waals surface area contributed by atoms with Crippen LogP contribution in [-0.2, 0) is 28.6 Å². The fourth-order valence-corrected chi connectivity index (χ4v) is 5.76. The minimum atomic E-state index is -0.769. The molecule has 0 rings (SSSR count). The van der Waals surface area contributed by atoms with Crippen molar-refractivity contribution in [3.63, 3.8) is 0 Å². The zero-order valence-electron chi connectivity index (χ0n) is 32.5. The molecule has 0 bridgehead atoms. The third kappa shape index (κ3) is 37.0. The van der Waals surface area contributed by atoms with Gasteiger partial charge < -0.3 is 14.2 Å². The van der Waals surface area contributed by atoms with Crippen LogP contribution < -0.4 is 0 Å². The van der Waals surface area contributed by atoms with Gasteiger partial charge in [0.2, 0.25) is 0 Å². The van der Waals surface area contributed by atoms with Gasteiger partial charge in [-0.3, -0.25) is 14.4 Å². The topological polar surface area (TPSA) is 78.9 Å². The van der Waals surface area contributed by atoms with Crippen molar-refractivity contribution in [1.82, 2.24) is 0 Å². The third-order valence-corrected chi connectivity index (χ3v) is 8.90. The van der Waals surface area contributed by atoms with Crippen molar-refractivity contribution in [1.29, 1.82) is 0 Å². The molecular formula is C43H78O6. The van der Waals surface area contributed by atoms with Crippen molar-refractivity contribution in [2.24, 2.45) is 0 Å². The maximum Gasteiger partial charge on any atom is 0.306 e. The fourth-order valence-electron chi connectivity index (χ4n) is 5.76. The number of rotatable bonds is 37. The zero-order valence-corrected chi connectivity index (χ0v) is 32.5. The minimum absolute atomic E-state index is 0.0819. The van der Waals surface area contributed by atoms with Crippen molar-refractivity contribution >= 4 is 17.9 Å². The first kappa shape index (κ1) is 46.9. The monoisotopic (exact) mass is 691 g/mol. The summed E-state index contributed by atoms with van der Waals surface area (Å²) in [4.78, 5) is 36.8. The molecule has 0 fully saturated rings. The van der Waals surface area contributed by atoms with Gasteiger partial charge in [0.05, 0.1) is 0 Å². The predicted octanol–water partition coefficient (Wildman–Crippen LogP) is 12.9. The smallest absolute Gasteiger partial charge is 0.306 e. The summed E-state index contributed by atoms with van der Waals surface area (Å²) in [5.74, 6) is -0.960. The lowest BCUT2D eigenvalue weighted by atomic mass is 10.1. The quantitative estimate of drug-likeness (QED) is 0.0279. The first-order valence-corrected chi connectivity index (χ1v) is 20.8. The average Bonchev–Trinajstić information content (AvgIpc) is 3.09. The van der Waals surface area contributed by atoms with Gasteiger partial charge in [0.1, 0.15) is 13.2 Å². The SMILES string of the molecule is CCCCCCCC/C=C\CCCCCCCC(=O)OC[C@@H](COC(=O)CCC)OC(=O)CCCCCCC/C=C\CCCCCCCC. The molecule has 0 aromatic carbocycles. The first-order valence-electron chi connectivity index (χ1n) is 20.8. The highest BCUT2D eigenvalue weighted by atomic mass is 16.6. The van der Waals surface area contributed by atoms with Gasteiger partial charge in [0.15, 0.2) is 6.10 Å². The molecule has 6 nitrogen and oxygen atoms in total. The Morgan fingerprint density at radius 3 is 1.10 bits per heavy atom. The highest BCUT2D eigenvalue weighted by molar-refractivity contribution is 5.71. The summed E-state index contributed by atoms with van der Waals surface area (Å²) in [5.41, 5.74) is 0. The lowest BCUT2D eigenvalue weighted by molar-refractivity contribution is -0.167. The molecule has 1 atom stereocenters. The zero-order chi connectivity index (χ0) is 35.9. The summed E-state index contributed by atoms with van der Waals surface area (Å²) in [6.07, 6.45) is 41.5. The van der Waals surface area contributed by atoms with E-state index in [4.69, 9.17) is 14.2 Å². The molecule has 286 valence electrons. The van der Waals surface area contributed by atoms with Crippen molar-refractivity contribution in [2.45, 2.75) is 219 Å². The molecule has 0 N–H and O–H groups in total. The molecule has 0 aromatic rings. The molecule has 49 heavy (non-hydrogen) atoms. The Labute approximate surface area is 303 Å². The summed E-state index contributed by atoms with van der Waals surface area (Å²) < 4.78 is 16.3. The number of ether oxygens (including phenoxy) is 3. The molecule has 0 saturated carbocycles. The van der Waals surface area contributed by atoms with E-state index in [9.17, 15) is 14.4 Å². The molecule has 0 amide bonds. The van der Waals surface area contributed by atoms with E-state index in [2.05, 4.69) is 38.2 Å². The molecule has 0 spiro atoms. The van der Waals surface area contributed by atoms with E-state index in [1.165, 1.54) is 116 Å². The second-order valence-corrected chi connectivity index (χ2v) is 13.9. The maximum absolute atomic E-state index is 12.5. The third-order valence-electron chi connectivity index (χ3n) is 8.90. The summed E-state index contributed by atoms with van der Waals surface area (Å²) in [7, 11) is 0. The Kier molecular flexibility index (Phi) is 37.0. The van der Waals surface area contributed by atoms with Crippen LogP contribution in [-0.4, -0.2) is 37.2 Å². The Hall–Kier alpha value is -2.11. The molecule has 0 saturated heterocycles. The largest absolute Gasteiger partial charge is 0.462 e. The molecule has 0 heterocycles. The van der Waals surface area contributed by atoms with Crippen LogP contribution in [0.2, 0.25) is 0 Å². The van der Waals surface area contributed by atoms with Crippen LogP contribution in [0.1, 0.15) is 213 Å².